The number of anilines is 1. The van der Waals surface area contributed by atoms with Crippen LogP contribution in [0.5, 0.6) is 0 Å². The Morgan fingerprint density at radius 1 is 1.25 bits per heavy atom. The Morgan fingerprint density at radius 2 is 2.20 bits per heavy atom. The molecule has 1 N–H and O–H groups in total. The van der Waals surface area contributed by atoms with E-state index in [1.807, 2.05) is 12.1 Å². The standard InChI is InChI=1S/C18H23NO/c20-18(11-14-10-12-6-7-13(14)9-12)16-3-1-5-17-15(16)4-2-8-19-17/h1,3,5,12-14,19H,2,4,6-11H2. The smallest absolute Gasteiger partial charge is 0.163 e. The molecule has 2 saturated carbocycles. The van der Waals surface area contributed by atoms with Gasteiger partial charge in [-0.2, -0.15) is 0 Å². The van der Waals surface area contributed by atoms with Gasteiger partial charge in [0, 0.05) is 24.2 Å². The van der Waals surface area contributed by atoms with Crippen molar-refractivity contribution < 1.29 is 4.79 Å². The third-order valence-corrected chi connectivity index (χ3v) is 5.73. The fraction of sp³-hybridized carbons (Fsp3) is 0.611. The lowest BCUT2D eigenvalue weighted by molar-refractivity contribution is 0.0943. The molecule has 4 rings (SSSR count). The molecule has 0 radical (unpaired) electrons. The van der Waals surface area contributed by atoms with E-state index in [0.29, 0.717) is 11.7 Å². The number of carbonyl (C=O) groups excluding carboxylic acids is 1. The summed E-state index contributed by atoms with van der Waals surface area (Å²) in [5, 5.41) is 3.43. The van der Waals surface area contributed by atoms with Gasteiger partial charge in [0.25, 0.3) is 0 Å². The van der Waals surface area contributed by atoms with E-state index in [2.05, 4.69) is 11.4 Å². The summed E-state index contributed by atoms with van der Waals surface area (Å²) in [6, 6.07) is 6.19. The van der Waals surface area contributed by atoms with E-state index in [9.17, 15) is 4.79 Å². The number of rotatable bonds is 3. The first-order valence-corrected chi connectivity index (χ1v) is 8.20. The second-order valence-electron chi connectivity index (χ2n) is 6.92. The third kappa shape index (κ3) is 2.06. The predicted octanol–water partition coefficient (Wildman–Crippen LogP) is 4.05. The molecule has 20 heavy (non-hydrogen) atoms. The molecule has 1 aromatic carbocycles. The summed E-state index contributed by atoms with van der Waals surface area (Å²) in [6.07, 6.45) is 8.48. The molecule has 3 atom stereocenters. The Balaban J connectivity index is 1.54. The van der Waals surface area contributed by atoms with Crippen LogP contribution in [0.2, 0.25) is 0 Å². The van der Waals surface area contributed by atoms with Crippen molar-refractivity contribution in [3.05, 3.63) is 29.3 Å². The quantitative estimate of drug-likeness (QED) is 0.839. The molecule has 2 nitrogen and oxygen atoms in total. The second kappa shape index (κ2) is 4.91. The summed E-state index contributed by atoms with van der Waals surface area (Å²) in [5.74, 6) is 2.85. The van der Waals surface area contributed by atoms with Gasteiger partial charge in [0.2, 0.25) is 0 Å². The number of ketones is 1. The van der Waals surface area contributed by atoms with Crippen molar-refractivity contribution in [1.82, 2.24) is 0 Å². The minimum Gasteiger partial charge on any atom is -0.385 e. The molecule has 0 spiro atoms. The van der Waals surface area contributed by atoms with Crippen LogP contribution in [0.1, 0.15) is 54.4 Å². The lowest BCUT2D eigenvalue weighted by atomic mass is 9.83. The maximum Gasteiger partial charge on any atom is 0.163 e. The van der Waals surface area contributed by atoms with Gasteiger partial charge in [-0.1, -0.05) is 18.6 Å². The first-order valence-electron chi connectivity index (χ1n) is 8.20. The first kappa shape index (κ1) is 12.4. The molecule has 0 aromatic heterocycles. The van der Waals surface area contributed by atoms with E-state index in [0.717, 1.165) is 43.2 Å². The van der Waals surface area contributed by atoms with Crippen molar-refractivity contribution in [3.8, 4) is 0 Å². The van der Waals surface area contributed by atoms with Gasteiger partial charge in [0.1, 0.15) is 0 Å². The molecular formula is C18H23NO. The van der Waals surface area contributed by atoms with Crippen LogP contribution in [0.15, 0.2) is 18.2 Å². The molecule has 1 aliphatic heterocycles. The van der Waals surface area contributed by atoms with Crippen molar-refractivity contribution in [1.29, 1.82) is 0 Å². The molecule has 1 heterocycles. The van der Waals surface area contributed by atoms with E-state index in [1.54, 1.807) is 0 Å². The maximum atomic E-state index is 12.7. The number of hydrogen-bond acceptors (Lipinski definition) is 2. The summed E-state index contributed by atoms with van der Waals surface area (Å²) >= 11 is 0. The second-order valence-corrected chi connectivity index (χ2v) is 6.92. The molecule has 0 saturated heterocycles. The van der Waals surface area contributed by atoms with Gasteiger partial charge in [-0.05, 0) is 61.5 Å². The largest absolute Gasteiger partial charge is 0.385 e. The highest BCUT2D eigenvalue weighted by Gasteiger charge is 2.40. The van der Waals surface area contributed by atoms with Crippen LogP contribution < -0.4 is 5.32 Å². The Hall–Kier alpha value is -1.31. The van der Waals surface area contributed by atoms with Crippen molar-refractivity contribution in [3.63, 3.8) is 0 Å². The fourth-order valence-corrected chi connectivity index (χ4v) is 4.75. The molecule has 1 aromatic rings. The van der Waals surface area contributed by atoms with Crippen LogP contribution in [0.3, 0.4) is 0 Å². The Morgan fingerprint density at radius 3 is 3.00 bits per heavy atom. The van der Waals surface area contributed by atoms with Crippen LogP contribution in [0.25, 0.3) is 0 Å². The van der Waals surface area contributed by atoms with Crippen molar-refractivity contribution in [2.24, 2.45) is 17.8 Å². The van der Waals surface area contributed by atoms with Gasteiger partial charge in [0.05, 0.1) is 0 Å². The van der Waals surface area contributed by atoms with Gasteiger partial charge in [-0.15, -0.1) is 0 Å². The maximum absolute atomic E-state index is 12.7. The lowest BCUT2D eigenvalue weighted by Gasteiger charge is -2.23. The summed E-state index contributed by atoms with van der Waals surface area (Å²) in [5.41, 5.74) is 3.46. The number of carbonyl (C=O) groups is 1. The predicted molar refractivity (Wildman–Crippen MR) is 81.1 cm³/mol. The van der Waals surface area contributed by atoms with E-state index >= 15 is 0 Å². The van der Waals surface area contributed by atoms with E-state index in [4.69, 9.17) is 0 Å². The van der Waals surface area contributed by atoms with Crippen molar-refractivity contribution >= 4 is 11.5 Å². The molecule has 2 fully saturated rings. The average Bonchev–Trinajstić information content (AvgIpc) is 3.09. The Bertz CT molecular complexity index is 536. The van der Waals surface area contributed by atoms with Gasteiger partial charge in [-0.3, -0.25) is 4.79 Å². The Labute approximate surface area is 121 Å². The average molecular weight is 269 g/mol. The van der Waals surface area contributed by atoms with Crippen LogP contribution in [0, 0.1) is 17.8 Å². The van der Waals surface area contributed by atoms with Crippen LogP contribution in [-0.4, -0.2) is 12.3 Å². The molecular weight excluding hydrogens is 246 g/mol. The van der Waals surface area contributed by atoms with E-state index < -0.39 is 0 Å². The van der Waals surface area contributed by atoms with E-state index in [-0.39, 0.29) is 0 Å². The molecule has 3 unspecified atom stereocenters. The number of Topliss-reactive ketones (excluding diaryl/α,β-unsaturated/α-hetero) is 1. The molecule has 0 amide bonds. The summed E-state index contributed by atoms with van der Waals surface area (Å²) in [6.45, 7) is 1.04. The number of hydrogen-bond donors (Lipinski definition) is 1. The van der Waals surface area contributed by atoms with Gasteiger partial charge in [-0.25, -0.2) is 0 Å². The highest BCUT2D eigenvalue weighted by Crippen LogP contribution is 2.49. The molecule has 106 valence electrons. The minimum atomic E-state index is 0.392. The zero-order valence-electron chi connectivity index (χ0n) is 12.0. The normalized spacial score (nSPS) is 30.9. The summed E-state index contributed by atoms with van der Waals surface area (Å²) in [4.78, 5) is 12.7. The SMILES string of the molecule is O=C(CC1CC2CCC1C2)c1cccc2c1CCCN2. The van der Waals surface area contributed by atoms with Gasteiger partial charge in [0.15, 0.2) is 5.78 Å². The van der Waals surface area contributed by atoms with Crippen LogP contribution in [-0.2, 0) is 6.42 Å². The van der Waals surface area contributed by atoms with E-state index in [1.165, 1.54) is 36.9 Å². The zero-order valence-corrected chi connectivity index (χ0v) is 12.0. The van der Waals surface area contributed by atoms with Gasteiger partial charge >= 0.3 is 0 Å². The number of fused-ring (bicyclic) bond motifs is 3. The first-order chi connectivity index (χ1) is 9.81. The monoisotopic (exact) mass is 269 g/mol. The highest BCUT2D eigenvalue weighted by molar-refractivity contribution is 5.99. The summed E-state index contributed by atoms with van der Waals surface area (Å²) in [7, 11) is 0. The third-order valence-electron chi connectivity index (χ3n) is 5.73. The zero-order chi connectivity index (χ0) is 13.5. The molecule has 2 aliphatic carbocycles. The number of nitrogens with one attached hydrogen (secondary N) is 1. The van der Waals surface area contributed by atoms with Gasteiger partial charge < -0.3 is 5.32 Å². The minimum absolute atomic E-state index is 0.392. The molecule has 2 bridgehead atoms. The molecule has 2 heteroatoms. The molecule has 3 aliphatic rings. The highest BCUT2D eigenvalue weighted by atomic mass is 16.1. The number of benzene rings is 1. The lowest BCUT2D eigenvalue weighted by Crippen LogP contribution is -2.19. The van der Waals surface area contributed by atoms with Crippen molar-refractivity contribution in [2.75, 3.05) is 11.9 Å². The Kier molecular flexibility index (Phi) is 3.05. The van der Waals surface area contributed by atoms with Crippen LogP contribution in [0.4, 0.5) is 5.69 Å². The summed E-state index contributed by atoms with van der Waals surface area (Å²) < 4.78 is 0. The van der Waals surface area contributed by atoms with Crippen molar-refractivity contribution in [2.45, 2.75) is 44.9 Å². The fourth-order valence-electron chi connectivity index (χ4n) is 4.75. The topological polar surface area (TPSA) is 29.1 Å². The van der Waals surface area contributed by atoms with Crippen LogP contribution >= 0.6 is 0 Å².